The van der Waals surface area contributed by atoms with Crippen molar-refractivity contribution in [1.29, 1.82) is 0 Å². The van der Waals surface area contributed by atoms with Crippen LogP contribution in [0.3, 0.4) is 0 Å². The number of nitrogens with one attached hydrogen (secondary N) is 1. The second kappa shape index (κ2) is 7.34. The maximum Gasteiger partial charge on any atom is 0.258 e. The first-order chi connectivity index (χ1) is 13.8. The molecule has 29 heavy (non-hydrogen) atoms. The fourth-order valence-corrected chi connectivity index (χ4v) is 4.38. The first-order valence-corrected chi connectivity index (χ1v) is 9.98. The molecule has 2 bridgehead atoms. The van der Waals surface area contributed by atoms with Gasteiger partial charge in [0, 0.05) is 19.5 Å². The first kappa shape index (κ1) is 19.7. The quantitative estimate of drug-likeness (QED) is 0.829. The Morgan fingerprint density at radius 1 is 1.38 bits per heavy atom. The van der Waals surface area contributed by atoms with Crippen LogP contribution in [0.25, 0.3) is 0 Å². The lowest BCUT2D eigenvalue weighted by Gasteiger charge is -2.23. The van der Waals surface area contributed by atoms with Crippen LogP contribution in [0, 0.1) is 12.7 Å². The highest BCUT2D eigenvalue weighted by Gasteiger charge is 2.40. The highest BCUT2D eigenvalue weighted by atomic mass is 35.5. The van der Waals surface area contributed by atoms with Crippen molar-refractivity contribution >= 4 is 23.4 Å². The lowest BCUT2D eigenvalue weighted by Crippen LogP contribution is -2.33. The summed E-state index contributed by atoms with van der Waals surface area (Å²) in [7, 11) is 1.46. The van der Waals surface area contributed by atoms with Crippen molar-refractivity contribution in [3.8, 4) is 5.75 Å². The molecule has 2 aliphatic heterocycles. The summed E-state index contributed by atoms with van der Waals surface area (Å²) >= 11 is 6.59. The normalized spacial score (nSPS) is 20.2. The third-order valence-electron chi connectivity index (χ3n) is 5.79. The number of fused-ring (bicyclic) bond motifs is 3. The molecule has 152 valence electrons. The molecule has 2 amide bonds. The molecule has 2 aromatic carbocycles. The van der Waals surface area contributed by atoms with Crippen LogP contribution < -0.4 is 10.1 Å². The summed E-state index contributed by atoms with van der Waals surface area (Å²) in [5.41, 5.74) is 2.76. The topological polar surface area (TPSA) is 58.6 Å². The zero-order valence-corrected chi connectivity index (χ0v) is 17.3. The molecule has 1 saturated heterocycles. The van der Waals surface area contributed by atoms with Gasteiger partial charge < -0.3 is 15.0 Å². The molecule has 4 rings (SSSR count). The summed E-state index contributed by atoms with van der Waals surface area (Å²) < 4.78 is 20.4. The zero-order chi connectivity index (χ0) is 20.9. The van der Waals surface area contributed by atoms with Crippen LogP contribution >= 0.6 is 11.6 Å². The molecule has 0 aliphatic carbocycles. The summed E-state index contributed by atoms with van der Waals surface area (Å²) in [5, 5.41) is 2.84. The minimum absolute atomic E-state index is 0.00526. The number of benzene rings is 2. The molecule has 2 aliphatic rings. The average Bonchev–Trinajstić information content (AvgIpc) is 3.00. The van der Waals surface area contributed by atoms with Crippen molar-refractivity contribution < 1.29 is 18.7 Å². The van der Waals surface area contributed by atoms with Gasteiger partial charge in [0.2, 0.25) is 0 Å². The predicted molar refractivity (Wildman–Crippen MR) is 108 cm³/mol. The summed E-state index contributed by atoms with van der Waals surface area (Å²) in [4.78, 5) is 26.6. The Morgan fingerprint density at radius 3 is 2.83 bits per heavy atom. The largest absolute Gasteiger partial charge is 0.486 e. The molecular formula is C22H22ClFN2O3. The van der Waals surface area contributed by atoms with Crippen LogP contribution in [-0.2, 0) is 6.42 Å². The van der Waals surface area contributed by atoms with E-state index in [-0.39, 0.29) is 23.6 Å². The highest BCUT2D eigenvalue weighted by molar-refractivity contribution is 6.33. The Labute approximate surface area is 173 Å². The summed E-state index contributed by atoms with van der Waals surface area (Å²) in [5.74, 6) is -0.702. The standard InChI is InChI=1S/C22H22ClFN2O3/c1-11-6-15-10-26(11)22(28)17-9-14(12(2)19(23)20(17)29-15)7-13-4-5-16(18(24)8-13)21(27)25-3/h4-5,8-9,11,15H,6-7,10H2,1-3H3,(H,25,27)/t11-,15+/m1/s1. The van der Waals surface area contributed by atoms with E-state index in [2.05, 4.69) is 5.32 Å². The van der Waals surface area contributed by atoms with E-state index in [1.807, 2.05) is 18.7 Å². The van der Waals surface area contributed by atoms with E-state index in [0.29, 0.717) is 34.9 Å². The van der Waals surface area contributed by atoms with Gasteiger partial charge in [-0.25, -0.2) is 4.39 Å². The van der Waals surface area contributed by atoms with Crippen LogP contribution in [0.1, 0.15) is 50.8 Å². The second-order valence-corrected chi connectivity index (χ2v) is 8.08. The maximum atomic E-state index is 14.3. The van der Waals surface area contributed by atoms with E-state index in [9.17, 15) is 14.0 Å². The second-order valence-electron chi connectivity index (χ2n) is 7.70. The van der Waals surface area contributed by atoms with Crippen molar-refractivity contribution in [2.75, 3.05) is 13.6 Å². The van der Waals surface area contributed by atoms with Crippen LogP contribution in [-0.4, -0.2) is 42.5 Å². The van der Waals surface area contributed by atoms with E-state index < -0.39 is 11.7 Å². The van der Waals surface area contributed by atoms with E-state index in [1.165, 1.54) is 19.2 Å². The minimum atomic E-state index is -0.586. The maximum absolute atomic E-state index is 14.3. The molecule has 0 spiro atoms. The number of amides is 2. The van der Waals surface area contributed by atoms with Gasteiger partial charge >= 0.3 is 0 Å². The Kier molecular flexibility index (Phi) is 4.99. The Hall–Kier alpha value is -2.60. The Bertz CT molecular complexity index is 1020. The van der Waals surface area contributed by atoms with Crippen LogP contribution in [0.2, 0.25) is 5.02 Å². The van der Waals surface area contributed by atoms with Gasteiger partial charge in [-0.05, 0) is 55.2 Å². The fourth-order valence-electron chi connectivity index (χ4n) is 4.11. The number of nitrogens with zero attached hydrogens (tertiary/aromatic N) is 1. The number of rotatable bonds is 3. The third kappa shape index (κ3) is 3.35. The summed E-state index contributed by atoms with van der Waals surface area (Å²) in [6.45, 7) is 4.44. The van der Waals surface area contributed by atoms with Gasteiger partial charge in [0.15, 0.2) is 5.75 Å². The number of hydrogen-bond acceptors (Lipinski definition) is 3. The lowest BCUT2D eigenvalue weighted by atomic mass is 9.96. The molecular weight excluding hydrogens is 395 g/mol. The van der Waals surface area contributed by atoms with E-state index in [1.54, 1.807) is 12.1 Å². The molecule has 0 radical (unpaired) electrons. The molecule has 5 nitrogen and oxygen atoms in total. The van der Waals surface area contributed by atoms with E-state index in [4.69, 9.17) is 16.3 Å². The minimum Gasteiger partial charge on any atom is -0.486 e. The number of carbonyl (C=O) groups is 2. The molecule has 0 aromatic heterocycles. The van der Waals surface area contributed by atoms with Crippen molar-refractivity contribution in [2.24, 2.45) is 0 Å². The van der Waals surface area contributed by atoms with Gasteiger partial charge in [0.1, 0.15) is 11.9 Å². The highest BCUT2D eigenvalue weighted by Crippen LogP contribution is 2.41. The summed E-state index contributed by atoms with van der Waals surface area (Å²) in [6.07, 6.45) is 1.12. The van der Waals surface area contributed by atoms with Crippen molar-refractivity contribution in [3.63, 3.8) is 0 Å². The zero-order valence-electron chi connectivity index (χ0n) is 16.5. The van der Waals surface area contributed by atoms with Gasteiger partial charge in [-0.1, -0.05) is 17.7 Å². The predicted octanol–water partition coefficient (Wildman–Crippen LogP) is 3.73. The van der Waals surface area contributed by atoms with Crippen molar-refractivity contribution in [2.45, 2.75) is 38.8 Å². The molecule has 2 heterocycles. The van der Waals surface area contributed by atoms with Crippen LogP contribution in [0.5, 0.6) is 5.75 Å². The average molecular weight is 417 g/mol. The van der Waals surface area contributed by atoms with Gasteiger partial charge in [0.05, 0.1) is 22.7 Å². The van der Waals surface area contributed by atoms with Crippen molar-refractivity contribution in [1.82, 2.24) is 10.2 Å². The molecule has 1 N–H and O–H groups in total. The number of ether oxygens (including phenoxy) is 1. The Balaban J connectivity index is 1.71. The smallest absolute Gasteiger partial charge is 0.258 e. The summed E-state index contributed by atoms with van der Waals surface area (Å²) in [6, 6.07) is 6.44. The van der Waals surface area contributed by atoms with E-state index >= 15 is 0 Å². The molecule has 2 atom stereocenters. The van der Waals surface area contributed by atoms with Gasteiger partial charge in [-0.2, -0.15) is 0 Å². The van der Waals surface area contributed by atoms with Gasteiger partial charge in [0.25, 0.3) is 11.8 Å². The fraction of sp³-hybridized carbons (Fsp3) is 0.364. The molecule has 7 heteroatoms. The molecule has 2 aromatic rings. The Morgan fingerprint density at radius 2 is 2.14 bits per heavy atom. The molecule has 1 fully saturated rings. The van der Waals surface area contributed by atoms with Crippen LogP contribution in [0.15, 0.2) is 24.3 Å². The first-order valence-electron chi connectivity index (χ1n) is 9.60. The van der Waals surface area contributed by atoms with Gasteiger partial charge in [-0.15, -0.1) is 0 Å². The monoisotopic (exact) mass is 416 g/mol. The van der Waals surface area contributed by atoms with Gasteiger partial charge in [-0.3, -0.25) is 9.59 Å². The van der Waals surface area contributed by atoms with Crippen molar-refractivity contribution in [3.05, 3.63) is 62.9 Å². The number of carbonyl (C=O) groups excluding carboxylic acids is 2. The number of hydrogen-bond donors (Lipinski definition) is 1. The lowest BCUT2D eigenvalue weighted by molar-refractivity contribution is 0.0748. The molecule has 0 unspecified atom stereocenters. The number of halogens is 2. The van der Waals surface area contributed by atoms with E-state index in [0.717, 1.165) is 17.5 Å². The van der Waals surface area contributed by atoms with Crippen LogP contribution in [0.4, 0.5) is 4.39 Å². The molecule has 0 saturated carbocycles. The third-order valence-corrected chi connectivity index (χ3v) is 6.24. The SMILES string of the molecule is CNC(=O)c1ccc(Cc2cc3c(c(Cl)c2C)O[C@H]2C[C@@H](C)N(C2)C3=O)cc1F.